The Morgan fingerprint density at radius 1 is 1.43 bits per heavy atom. The summed E-state index contributed by atoms with van der Waals surface area (Å²) in [6.07, 6.45) is 0.956. The Labute approximate surface area is 81.2 Å². The van der Waals surface area contributed by atoms with Crippen molar-refractivity contribution in [2.24, 2.45) is 22.2 Å². The SMILES string of the molecule is N#N.NC(N)=NCCCC(N)C(=O)O. The smallest absolute Gasteiger partial charge is 0.320 e. The van der Waals surface area contributed by atoms with E-state index in [1.165, 1.54) is 0 Å². The Kier molecular flexibility index (Phi) is 9.63. The molecule has 0 saturated carbocycles. The van der Waals surface area contributed by atoms with Gasteiger partial charge in [-0.25, -0.2) is 0 Å². The van der Waals surface area contributed by atoms with E-state index < -0.39 is 12.0 Å². The molecule has 0 rings (SSSR count). The lowest BCUT2D eigenvalue weighted by molar-refractivity contribution is -0.138. The molecular formula is C6H14N6O2. The maximum atomic E-state index is 10.2. The van der Waals surface area contributed by atoms with E-state index in [1.54, 1.807) is 0 Å². The summed E-state index contributed by atoms with van der Waals surface area (Å²) < 4.78 is 0. The van der Waals surface area contributed by atoms with Crippen LogP contribution in [0, 0.1) is 10.8 Å². The van der Waals surface area contributed by atoms with Gasteiger partial charge in [-0.2, -0.15) is 0 Å². The molecule has 8 heteroatoms. The van der Waals surface area contributed by atoms with Crippen molar-refractivity contribution < 1.29 is 9.90 Å². The summed E-state index contributed by atoms with van der Waals surface area (Å²) in [5.74, 6) is -0.987. The molecule has 0 saturated heterocycles. The third kappa shape index (κ3) is 10.1. The van der Waals surface area contributed by atoms with Crippen LogP contribution < -0.4 is 17.2 Å². The molecule has 0 aromatic carbocycles. The molecule has 8 nitrogen and oxygen atoms in total. The number of nitrogens with two attached hydrogens (primary N) is 3. The molecule has 0 heterocycles. The zero-order chi connectivity index (χ0) is 11.6. The molecule has 0 aliphatic carbocycles. The summed E-state index contributed by atoms with van der Waals surface area (Å²) in [4.78, 5) is 13.9. The van der Waals surface area contributed by atoms with E-state index in [1.807, 2.05) is 0 Å². The molecule has 0 aliphatic heterocycles. The van der Waals surface area contributed by atoms with Gasteiger partial charge < -0.3 is 22.3 Å². The van der Waals surface area contributed by atoms with Crippen molar-refractivity contribution in [3.05, 3.63) is 0 Å². The van der Waals surface area contributed by atoms with Gasteiger partial charge in [-0.15, -0.1) is 0 Å². The molecular weight excluding hydrogens is 188 g/mol. The van der Waals surface area contributed by atoms with Crippen LogP contribution in [0.3, 0.4) is 0 Å². The average molecular weight is 202 g/mol. The van der Waals surface area contributed by atoms with Gasteiger partial charge in [0.25, 0.3) is 0 Å². The second-order valence-electron chi connectivity index (χ2n) is 2.39. The van der Waals surface area contributed by atoms with E-state index >= 15 is 0 Å². The van der Waals surface area contributed by atoms with Crippen LogP contribution in [0.4, 0.5) is 0 Å². The van der Waals surface area contributed by atoms with Crippen LogP contribution in [-0.4, -0.2) is 29.6 Å². The summed E-state index contributed by atoms with van der Waals surface area (Å²) in [5.41, 5.74) is 15.3. The highest BCUT2D eigenvalue weighted by atomic mass is 16.4. The standard InChI is InChI=1S/C6H14N4O2.N2/c7-4(5(11)12)2-1-3-10-6(8)9;1-2/h4H,1-3,7H2,(H,11,12)(H4,8,9,10);. The summed E-state index contributed by atoms with van der Waals surface area (Å²) in [6.45, 7) is 0.420. The number of guanidine groups is 1. The van der Waals surface area contributed by atoms with Gasteiger partial charge in [-0.1, -0.05) is 0 Å². The Balaban J connectivity index is 0. The zero-order valence-electron chi connectivity index (χ0n) is 7.63. The topological polar surface area (TPSA) is 175 Å². The number of hydrogen-bond acceptors (Lipinski definition) is 5. The summed E-state index contributed by atoms with van der Waals surface area (Å²) in [6, 6.07) is -0.820. The van der Waals surface area contributed by atoms with E-state index in [0.29, 0.717) is 19.4 Å². The molecule has 0 aromatic heterocycles. The molecule has 0 amide bonds. The first-order valence-electron chi connectivity index (χ1n) is 3.78. The molecule has 1 atom stereocenters. The summed E-state index contributed by atoms with van der Waals surface area (Å²) >= 11 is 0. The van der Waals surface area contributed by atoms with Crippen LogP contribution in [0.2, 0.25) is 0 Å². The first kappa shape index (κ1) is 14.6. The Hall–Kier alpha value is -1.88. The van der Waals surface area contributed by atoms with Crippen molar-refractivity contribution in [3.63, 3.8) is 0 Å². The van der Waals surface area contributed by atoms with E-state index in [4.69, 9.17) is 33.1 Å². The number of carbonyl (C=O) groups is 1. The fraction of sp³-hybridized carbons (Fsp3) is 0.667. The van der Waals surface area contributed by atoms with Crippen molar-refractivity contribution in [2.45, 2.75) is 18.9 Å². The highest BCUT2D eigenvalue weighted by Gasteiger charge is 2.09. The molecule has 0 radical (unpaired) electrons. The van der Waals surface area contributed by atoms with Gasteiger partial charge in [0, 0.05) is 17.3 Å². The predicted molar refractivity (Wildman–Crippen MR) is 49.0 cm³/mol. The number of hydrogen-bond donors (Lipinski definition) is 4. The van der Waals surface area contributed by atoms with Crippen molar-refractivity contribution in [1.82, 2.24) is 0 Å². The van der Waals surface area contributed by atoms with E-state index in [-0.39, 0.29) is 5.96 Å². The number of aliphatic imine (C=N–C) groups is 1. The molecule has 7 N–H and O–H groups in total. The van der Waals surface area contributed by atoms with Crippen LogP contribution in [-0.2, 0) is 4.79 Å². The first-order chi connectivity index (χ1) is 6.54. The average Bonchev–Trinajstić information content (AvgIpc) is 2.15. The largest absolute Gasteiger partial charge is 0.480 e. The van der Waals surface area contributed by atoms with Crippen molar-refractivity contribution in [2.75, 3.05) is 6.54 Å². The molecule has 0 fully saturated rings. The fourth-order valence-electron chi connectivity index (χ4n) is 0.643. The highest BCUT2D eigenvalue weighted by Crippen LogP contribution is 1.94. The lowest BCUT2D eigenvalue weighted by Crippen LogP contribution is -2.30. The predicted octanol–water partition coefficient (Wildman–Crippen LogP) is -1.52. The molecule has 0 bridgehead atoms. The molecule has 1 unspecified atom stereocenters. The molecule has 80 valence electrons. The van der Waals surface area contributed by atoms with Gasteiger partial charge in [-0.05, 0) is 12.8 Å². The second-order valence-corrected chi connectivity index (χ2v) is 2.39. The summed E-state index contributed by atoms with van der Waals surface area (Å²) in [7, 11) is 0. The molecule has 14 heavy (non-hydrogen) atoms. The van der Waals surface area contributed by atoms with Crippen molar-refractivity contribution in [3.8, 4) is 0 Å². The Bertz CT molecular complexity index is 210. The van der Waals surface area contributed by atoms with Gasteiger partial charge in [-0.3, -0.25) is 9.79 Å². The third-order valence-corrected chi connectivity index (χ3v) is 1.28. The van der Waals surface area contributed by atoms with Gasteiger partial charge in [0.1, 0.15) is 6.04 Å². The Morgan fingerprint density at radius 2 is 1.93 bits per heavy atom. The van der Waals surface area contributed by atoms with E-state index in [0.717, 1.165) is 0 Å². The Morgan fingerprint density at radius 3 is 2.29 bits per heavy atom. The van der Waals surface area contributed by atoms with Gasteiger partial charge in [0.15, 0.2) is 5.96 Å². The molecule has 0 aromatic rings. The van der Waals surface area contributed by atoms with Crippen LogP contribution in [0.25, 0.3) is 0 Å². The van der Waals surface area contributed by atoms with Crippen molar-refractivity contribution >= 4 is 11.9 Å². The molecule has 0 spiro atoms. The van der Waals surface area contributed by atoms with Crippen LogP contribution in [0.5, 0.6) is 0 Å². The van der Waals surface area contributed by atoms with E-state index in [2.05, 4.69) is 4.99 Å². The minimum Gasteiger partial charge on any atom is -0.480 e. The number of carboxylic acids is 1. The van der Waals surface area contributed by atoms with Crippen molar-refractivity contribution in [1.29, 1.82) is 10.8 Å². The maximum absolute atomic E-state index is 10.2. The number of rotatable bonds is 5. The van der Waals surface area contributed by atoms with Crippen LogP contribution in [0.15, 0.2) is 4.99 Å². The number of nitrogens with zero attached hydrogens (tertiary/aromatic N) is 3. The normalized spacial score (nSPS) is 10.5. The maximum Gasteiger partial charge on any atom is 0.320 e. The van der Waals surface area contributed by atoms with Gasteiger partial charge >= 0.3 is 5.97 Å². The van der Waals surface area contributed by atoms with Gasteiger partial charge in [0.2, 0.25) is 0 Å². The lowest BCUT2D eigenvalue weighted by atomic mass is 10.2. The summed E-state index contributed by atoms with van der Waals surface area (Å²) in [5, 5.41) is 20.4. The lowest BCUT2D eigenvalue weighted by Gasteiger charge is -2.03. The first-order valence-corrected chi connectivity index (χ1v) is 3.78. The fourth-order valence-corrected chi connectivity index (χ4v) is 0.643. The number of carboxylic acid groups (broad SMARTS) is 1. The zero-order valence-corrected chi connectivity index (χ0v) is 7.63. The molecule has 0 aliphatic rings. The third-order valence-electron chi connectivity index (χ3n) is 1.28. The number of aliphatic carboxylic acids is 1. The highest BCUT2D eigenvalue weighted by molar-refractivity contribution is 5.75. The van der Waals surface area contributed by atoms with E-state index in [9.17, 15) is 4.79 Å². The second kappa shape index (κ2) is 9.21. The van der Waals surface area contributed by atoms with Crippen LogP contribution in [0.1, 0.15) is 12.8 Å². The minimum atomic E-state index is -1.00. The minimum absolute atomic E-state index is 0.0129. The van der Waals surface area contributed by atoms with Gasteiger partial charge in [0.05, 0.1) is 0 Å². The quantitative estimate of drug-likeness (QED) is 0.181. The monoisotopic (exact) mass is 202 g/mol. The van der Waals surface area contributed by atoms with Crippen LogP contribution >= 0.6 is 0 Å².